The standard InChI is InChI=1S/C37H52O3/c1-34(2,3)28-13-26(14-29(19-28)35(4,5)6)23-39-32-17-25(22-38)18-33(21-32)40-24-27-15-30(36(7,8)9)20-31(16-27)37(10,11)12/h13-21,38H,22-24H2,1-12H3. The van der Waals surface area contributed by atoms with Crippen molar-refractivity contribution in [1.29, 1.82) is 0 Å². The molecule has 3 heteroatoms. The quantitative estimate of drug-likeness (QED) is 0.322. The van der Waals surface area contributed by atoms with E-state index in [1.165, 1.54) is 22.3 Å². The van der Waals surface area contributed by atoms with Crippen LogP contribution in [0.25, 0.3) is 0 Å². The molecule has 1 N–H and O–H groups in total. The highest BCUT2D eigenvalue weighted by Gasteiger charge is 2.22. The third-order valence-corrected chi connectivity index (χ3v) is 7.38. The maximum atomic E-state index is 9.95. The van der Waals surface area contributed by atoms with Gasteiger partial charge in [0.05, 0.1) is 6.61 Å². The van der Waals surface area contributed by atoms with E-state index < -0.39 is 0 Å². The third-order valence-electron chi connectivity index (χ3n) is 7.38. The first-order valence-electron chi connectivity index (χ1n) is 14.6. The molecule has 40 heavy (non-hydrogen) atoms. The zero-order valence-corrected chi connectivity index (χ0v) is 27.1. The van der Waals surface area contributed by atoms with E-state index in [-0.39, 0.29) is 28.3 Å². The Bertz CT molecular complexity index is 1140. The van der Waals surface area contributed by atoms with Crippen molar-refractivity contribution in [1.82, 2.24) is 0 Å². The molecule has 3 nitrogen and oxygen atoms in total. The van der Waals surface area contributed by atoms with Gasteiger partial charge >= 0.3 is 0 Å². The first-order valence-corrected chi connectivity index (χ1v) is 14.6. The molecule has 3 aromatic rings. The molecule has 3 rings (SSSR count). The lowest BCUT2D eigenvalue weighted by Crippen LogP contribution is -2.17. The lowest BCUT2D eigenvalue weighted by molar-refractivity contribution is 0.270. The molecule has 0 saturated carbocycles. The summed E-state index contributed by atoms with van der Waals surface area (Å²) in [5, 5.41) is 9.95. The van der Waals surface area contributed by atoms with Crippen LogP contribution in [-0.4, -0.2) is 5.11 Å². The van der Waals surface area contributed by atoms with Gasteiger partial charge in [0.15, 0.2) is 0 Å². The van der Waals surface area contributed by atoms with Gasteiger partial charge in [-0.2, -0.15) is 0 Å². The number of hydrogen-bond donors (Lipinski definition) is 1. The van der Waals surface area contributed by atoms with Gasteiger partial charge in [0.25, 0.3) is 0 Å². The highest BCUT2D eigenvalue weighted by atomic mass is 16.5. The Morgan fingerprint density at radius 1 is 0.425 bits per heavy atom. The maximum Gasteiger partial charge on any atom is 0.123 e. The summed E-state index contributed by atoms with van der Waals surface area (Å²) in [5.41, 5.74) is 8.46. The number of aliphatic hydroxyl groups is 1. The van der Waals surface area contributed by atoms with Crippen molar-refractivity contribution in [2.45, 2.75) is 125 Å². The summed E-state index contributed by atoms with van der Waals surface area (Å²) in [6, 6.07) is 19.3. The zero-order chi connectivity index (χ0) is 30.1. The molecule has 0 spiro atoms. The molecule has 0 aliphatic rings. The Morgan fingerprint density at radius 3 is 0.975 bits per heavy atom. The Morgan fingerprint density at radius 2 is 0.725 bits per heavy atom. The predicted molar refractivity (Wildman–Crippen MR) is 169 cm³/mol. The molecule has 0 fully saturated rings. The molecule has 0 aliphatic carbocycles. The lowest BCUT2D eigenvalue weighted by Gasteiger charge is -2.26. The van der Waals surface area contributed by atoms with Crippen molar-refractivity contribution in [3.05, 3.63) is 93.5 Å². The largest absolute Gasteiger partial charge is 0.489 e. The van der Waals surface area contributed by atoms with Crippen LogP contribution in [0.15, 0.2) is 54.6 Å². The molecular formula is C37H52O3. The molecule has 0 radical (unpaired) electrons. The van der Waals surface area contributed by atoms with E-state index in [9.17, 15) is 5.11 Å². The molecule has 0 atom stereocenters. The van der Waals surface area contributed by atoms with Crippen molar-refractivity contribution in [3.8, 4) is 11.5 Å². The van der Waals surface area contributed by atoms with Crippen molar-refractivity contribution in [2.75, 3.05) is 0 Å². The Hall–Kier alpha value is -2.78. The van der Waals surface area contributed by atoms with Crippen LogP contribution in [0.1, 0.15) is 122 Å². The van der Waals surface area contributed by atoms with Crippen LogP contribution >= 0.6 is 0 Å². The zero-order valence-electron chi connectivity index (χ0n) is 27.1. The normalized spacial score (nSPS) is 12.9. The van der Waals surface area contributed by atoms with Gasteiger partial charge < -0.3 is 14.6 Å². The van der Waals surface area contributed by atoms with E-state index in [0.717, 1.165) is 16.7 Å². The molecule has 0 saturated heterocycles. The number of benzene rings is 3. The topological polar surface area (TPSA) is 38.7 Å². The Balaban J connectivity index is 1.85. The molecular weight excluding hydrogens is 492 g/mol. The monoisotopic (exact) mass is 544 g/mol. The second-order valence-corrected chi connectivity index (χ2v) is 15.4. The molecule has 0 unspecified atom stereocenters. The van der Waals surface area contributed by atoms with Crippen LogP contribution in [-0.2, 0) is 41.5 Å². The molecule has 0 aliphatic heterocycles. The first-order chi connectivity index (χ1) is 18.3. The van der Waals surface area contributed by atoms with Crippen molar-refractivity contribution >= 4 is 0 Å². The number of aliphatic hydroxyl groups excluding tert-OH is 1. The van der Waals surface area contributed by atoms with E-state index in [4.69, 9.17) is 9.47 Å². The molecule has 0 amide bonds. The highest BCUT2D eigenvalue weighted by Crippen LogP contribution is 2.33. The van der Waals surface area contributed by atoms with Crippen LogP contribution in [0.2, 0.25) is 0 Å². The fourth-order valence-electron chi connectivity index (χ4n) is 4.50. The minimum Gasteiger partial charge on any atom is -0.489 e. The summed E-state index contributed by atoms with van der Waals surface area (Å²) < 4.78 is 12.6. The van der Waals surface area contributed by atoms with Crippen LogP contribution in [0, 0.1) is 0 Å². The maximum absolute atomic E-state index is 9.95. The van der Waals surface area contributed by atoms with Crippen LogP contribution in [0.5, 0.6) is 11.5 Å². The SMILES string of the molecule is CC(C)(C)c1cc(COc2cc(CO)cc(OCc3cc(C(C)(C)C)cc(C(C)(C)C)c3)c2)cc(C(C)(C)C)c1. The van der Waals surface area contributed by atoms with Gasteiger partial charge in [-0.3, -0.25) is 0 Å². The number of rotatable bonds is 7. The van der Waals surface area contributed by atoms with Gasteiger partial charge in [0.2, 0.25) is 0 Å². The first kappa shape index (κ1) is 31.7. The van der Waals surface area contributed by atoms with Crippen molar-refractivity contribution in [3.63, 3.8) is 0 Å². The summed E-state index contributed by atoms with van der Waals surface area (Å²) in [4.78, 5) is 0. The predicted octanol–water partition coefficient (Wildman–Crippen LogP) is 9.53. The van der Waals surface area contributed by atoms with E-state index in [1.807, 2.05) is 18.2 Å². The van der Waals surface area contributed by atoms with E-state index in [0.29, 0.717) is 24.7 Å². The summed E-state index contributed by atoms with van der Waals surface area (Å²) in [6.07, 6.45) is 0. The Kier molecular flexibility index (Phi) is 9.21. The molecule has 3 aromatic carbocycles. The van der Waals surface area contributed by atoms with Crippen molar-refractivity contribution in [2.24, 2.45) is 0 Å². The highest BCUT2D eigenvalue weighted by molar-refractivity contribution is 5.41. The van der Waals surface area contributed by atoms with Gasteiger partial charge in [-0.25, -0.2) is 0 Å². The molecule has 0 heterocycles. The van der Waals surface area contributed by atoms with Gasteiger partial charge in [0, 0.05) is 6.07 Å². The van der Waals surface area contributed by atoms with Crippen LogP contribution in [0.3, 0.4) is 0 Å². The second kappa shape index (κ2) is 11.6. The van der Waals surface area contributed by atoms with E-state index >= 15 is 0 Å². The minimum atomic E-state index is -0.0745. The minimum absolute atomic E-state index is 0.0466. The lowest BCUT2D eigenvalue weighted by atomic mass is 9.79. The van der Waals surface area contributed by atoms with Gasteiger partial charge in [0.1, 0.15) is 24.7 Å². The number of ether oxygens (including phenoxy) is 2. The van der Waals surface area contributed by atoms with Crippen LogP contribution < -0.4 is 9.47 Å². The van der Waals surface area contributed by atoms with E-state index in [2.05, 4.69) is 119 Å². The summed E-state index contributed by atoms with van der Waals surface area (Å²) in [6.45, 7) is 27.8. The van der Waals surface area contributed by atoms with Gasteiger partial charge in [-0.1, -0.05) is 119 Å². The van der Waals surface area contributed by atoms with Gasteiger partial charge in [-0.05, 0) is 72.7 Å². The van der Waals surface area contributed by atoms with Gasteiger partial charge in [-0.15, -0.1) is 0 Å². The summed E-state index contributed by atoms with van der Waals surface area (Å²) in [5.74, 6) is 1.39. The molecule has 0 aromatic heterocycles. The second-order valence-electron chi connectivity index (χ2n) is 15.4. The summed E-state index contributed by atoms with van der Waals surface area (Å²) in [7, 11) is 0. The average Bonchev–Trinajstić information content (AvgIpc) is 2.83. The van der Waals surface area contributed by atoms with Crippen molar-refractivity contribution < 1.29 is 14.6 Å². The number of hydrogen-bond acceptors (Lipinski definition) is 3. The fraction of sp³-hybridized carbons (Fsp3) is 0.514. The molecule has 218 valence electrons. The Labute approximate surface area is 244 Å². The summed E-state index contributed by atoms with van der Waals surface area (Å²) >= 11 is 0. The smallest absolute Gasteiger partial charge is 0.123 e. The third kappa shape index (κ3) is 8.61. The van der Waals surface area contributed by atoms with Crippen LogP contribution in [0.4, 0.5) is 0 Å². The van der Waals surface area contributed by atoms with E-state index in [1.54, 1.807) is 0 Å². The fourth-order valence-corrected chi connectivity index (χ4v) is 4.50. The molecule has 0 bridgehead atoms. The average molecular weight is 545 g/mol.